The fourth-order valence-electron chi connectivity index (χ4n) is 1.63. The van der Waals surface area contributed by atoms with Gasteiger partial charge in [0.1, 0.15) is 0 Å². The van der Waals surface area contributed by atoms with E-state index in [0.29, 0.717) is 22.3 Å². The summed E-state index contributed by atoms with van der Waals surface area (Å²) in [6, 6.07) is 6.48. The number of nitrogens with one attached hydrogen (secondary N) is 2. The monoisotopic (exact) mass is 312 g/mol. The molecule has 0 bridgehead atoms. The van der Waals surface area contributed by atoms with Gasteiger partial charge in [0.05, 0.1) is 10.7 Å². The molecule has 0 saturated heterocycles. The Morgan fingerprint density at radius 2 is 2.20 bits per heavy atom. The summed E-state index contributed by atoms with van der Waals surface area (Å²) in [7, 11) is 0. The second-order valence-corrected chi connectivity index (χ2v) is 4.97. The molecule has 1 heterocycles. The number of amides is 2. The van der Waals surface area contributed by atoms with Gasteiger partial charge in [-0.2, -0.15) is 5.10 Å². The van der Waals surface area contributed by atoms with Crippen molar-refractivity contribution < 1.29 is 4.79 Å². The van der Waals surface area contributed by atoms with Crippen molar-refractivity contribution in [1.82, 2.24) is 15.1 Å². The van der Waals surface area contributed by atoms with Gasteiger partial charge in [-0.3, -0.25) is 4.68 Å². The highest BCUT2D eigenvalue weighted by Gasteiger charge is 2.05. The summed E-state index contributed by atoms with van der Waals surface area (Å²) in [5.41, 5.74) is 0.528. The van der Waals surface area contributed by atoms with E-state index in [2.05, 4.69) is 15.7 Å². The molecule has 0 aliphatic rings. The van der Waals surface area contributed by atoms with Crippen LogP contribution in [-0.4, -0.2) is 22.4 Å². The zero-order valence-electron chi connectivity index (χ0n) is 10.6. The molecule has 5 nitrogen and oxygen atoms in total. The number of nitrogens with zero attached hydrogens (tertiary/aromatic N) is 2. The quantitative estimate of drug-likeness (QED) is 0.831. The third-order valence-corrected chi connectivity index (χ3v) is 3.14. The highest BCUT2D eigenvalue weighted by molar-refractivity contribution is 6.36. The molecule has 0 radical (unpaired) electrons. The highest BCUT2D eigenvalue weighted by atomic mass is 35.5. The average Bonchev–Trinajstić information content (AvgIpc) is 2.91. The van der Waals surface area contributed by atoms with Crippen LogP contribution in [0.15, 0.2) is 36.7 Å². The lowest BCUT2D eigenvalue weighted by atomic mass is 10.3. The van der Waals surface area contributed by atoms with E-state index in [4.69, 9.17) is 23.2 Å². The number of carbonyl (C=O) groups excluding carboxylic acids is 1. The molecular formula is C13H14Cl2N4O. The summed E-state index contributed by atoms with van der Waals surface area (Å²) in [5.74, 6) is 0. The average molecular weight is 313 g/mol. The zero-order valence-corrected chi connectivity index (χ0v) is 12.2. The molecule has 0 spiro atoms. The van der Waals surface area contributed by atoms with Gasteiger partial charge in [0.25, 0.3) is 0 Å². The van der Waals surface area contributed by atoms with Crippen molar-refractivity contribution in [3.63, 3.8) is 0 Å². The number of hydrogen-bond acceptors (Lipinski definition) is 2. The van der Waals surface area contributed by atoms with Crippen LogP contribution in [0, 0.1) is 0 Å². The largest absolute Gasteiger partial charge is 0.338 e. The van der Waals surface area contributed by atoms with Gasteiger partial charge in [-0.05, 0) is 30.7 Å². The van der Waals surface area contributed by atoms with E-state index in [-0.39, 0.29) is 6.03 Å². The fourth-order valence-corrected chi connectivity index (χ4v) is 2.09. The van der Waals surface area contributed by atoms with Gasteiger partial charge in [0.2, 0.25) is 0 Å². The van der Waals surface area contributed by atoms with Crippen LogP contribution in [0.1, 0.15) is 6.42 Å². The number of aromatic nitrogens is 2. The summed E-state index contributed by atoms with van der Waals surface area (Å²) in [6.45, 7) is 1.31. The van der Waals surface area contributed by atoms with Crippen LogP contribution in [-0.2, 0) is 6.54 Å². The minimum Gasteiger partial charge on any atom is -0.338 e. The maximum absolute atomic E-state index is 11.7. The lowest BCUT2D eigenvalue weighted by Gasteiger charge is -2.09. The molecule has 2 N–H and O–H groups in total. The van der Waals surface area contributed by atoms with Gasteiger partial charge in [-0.25, -0.2) is 4.79 Å². The molecule has 1 aromatic carbocycles. The van der Waals surface area contributed by atoms with Crippen LogP contribution >= 0.6 is 23.2 Å². The summed E-state index contributed by atoms with van der Waals surface area (Å²) in [4.78, 5) is 11.7. The molecule has 0 aliphatic carbocycles. The maximum Gasteiger partial charge on any atom is 0.319 e. The Hall–Kier alpha value is -1.72. The zero-order chi connectivity index (χ0) is 14.4. The summed E-state index contributed by atoms with van der Waals surface area (Å²) in [5, 5.41) is 10.4. The Kier molecular flexibility index (Phi) is 5.26. The lowest BCUT2D eigenvalue weighted by molar-refractivity contribution is 0.251. The second-order valence-electron chi connectivity index (χ2n) is 4.13. The number of anilines is 1. The first-order chi connectivity index (χ1) is 9.65. The first kappa shape index (κ1) is 14.7. The third kappa shape index (κ3) is 4.43. The van der Waals surface area contributed by atoms with Gasteiger partial charge < -0.3 is 10.6 Å². The van der Waals surface area contributed by atoms with Crippen molar-refractivity contribution in [2.75, 3.05) is 11.9 Å². The Morgan fingerprint density at radius 1 is 1.35 bits per heavy atom. The van der Waals surface area contributed by atoms with Crippen molar-refractivity contribution in [1.29, 1.82) is 0 Å². The molecule has 0 unspecified atom stereocenters. The Bertz CT molecular complexity index is 572. The van der Waals surface area contributed by atoms with Crippen molar-refractivity contribution in [3.05, 3.63) is 46.7 Å². The molecule has 1 aromatic heterocycles. The van der Waals surface area contributed by atoms with E-state index in [1.54, 1.807) is 24.4 Å². The standard InChI is InChI=1S/C13H14Cl2N4O/c14-10-3-4-12(11(15)9-10)18-13(20)16-5-1-7-19-8-2-6-17-19/h2-4,6,8-9H,1,5,7H2,(H2,16,18,20). The van der Waals surface area contributed by atoms with E-state index in [1.165, 1.54) is 0 Å². The van der Waals surface area contributed by atoms with Crippen LogP contribution in [0.2, 0.25) is 10.0 Å². The number of hydrogen-bond donors (Lipinski definition) is 2. The number of urea groups is 1. The van der Waals surface area contributed by atoms with Crippen molar-refractivity contribution in [3.8, 4) is 0 Å². The van der Waals surface area contributed by atoms with E-state index in [9.17, 15) is 4.79 Å². The Morgan fingerprint density at radius 3 is 2.90 bits per heavy atom. The van der Waals surface area contributed by atoms with Gasteiger partial charge in [0.15, 0.2) is 0 Å². The molecule has 0 saturated carbocycles. The summed E-state index contributed by atoms with van der Waals surface area (Å²) < 4.78 is 1.82. The normalized spacial score (nSPS) is 10.3. The number of carbonyl (C=O) groups is 1. The molecule has 0 aliphatic heterocycles. The third-order valence-electron chi connectivity index (χ3n) is 2.59. The van der Waals surface area contributed by atoms with Gasteiger partial charge >= 0.3 is 6.03 Å². The van der Waals surface area contributed by atoms with Crippen LogP contribution in [0.25, 0.3) is 0 Å². The van der Waals surface area contributed by atoms with Crippen molar-refractivity contribution in [2.45, 2.75) is 13.0 Å². The summed E-state index contributed by atoms with van der Waals surface area (Å²) >= 11 is 11.7. The van der Waals surface area contributed by atoms with E-state index >= 15 is 0 Å². The fraction of sp³-hybridized carbons (Fsp3) is 0.231. The molecule has 0 atom stereocenters. The van der Waals surface area contributed by atoms with Gasteiger partial charge in [0, 0.05) is 30.5 Å². The SMILES string of the molecule is O=C(NCCCn1cccn1)Nc1ccc(Cl)cc1Cl. The number of rotatable bonds is 5. The molecule has 2 aromatic rings. The minimum absolute atomic E-state index is 0.297. The molecule has 7 heteroatoms. The van der Waals surface area contributed by atoms with Gasteiger partial charge in [-0.1, -0.05) is 23.2 Å². The minimum atomic E-state index is -0.297. The Labute approximate surface area is 126 Å². The van der Waals surface area contributed by atoms with E-state index in [0.717, 1.165) is 13.0 Å². The molecule has 0 fully saturated rings. The maximum atomic E-state index is 11.7. The number of halogens is 2. The predicted octanol–water partition coefficient (Wildman–Crippen LogP) is 3.40. The van der Waals surface area contributed by atoms with Crippen LogP contribution in [0.3, 0.4) is 0 Å². The van der Waals surface area contributed by atoms with Crippen LogP contribution in [0.4, 0.5) is 10.5 Å². The van der Waals surface area contributed by atoms with E-state index < -0.39 is 0 Å². The number of benzene rings is 1. The second kappa shape index (κ2) is 7.17. The predicted molar refractivity (Wildman–Crippen MR) is 80.3 cm³/mol. The highest BCUT2D eigenvalue weighted by Crippen LogP contribution is 2.25. The topological polar surface area (TPSA) is 59.0 Å². The number of aryl methyl sites for hydroxylation is 1. The first-order valence-electron chi connectivity index (χ1n) is 6.12. The molecule has 106 valence electrons. The molecule has 2 amide bonds. The molecular weight excluding hydrogens is 299 g/mol. The van der Waals surface area contributed by atoms with Gasteiger partial charge in [-0.15, -0.1) is 0 Å². The van der Waals surface area contributed by atoms with Crippen molar-refractivity contribution >= 4 is 34.9 Å². The van der Waals surface area contributed by atoms with E-state index in [1.807, 2.05) is 16.9 Å². The van der Waals surface area contributed by atoms with Crippen LogP contribution in [0.5, 0.6) is 0 Å². The first-order valence-corrected chi connectivity index (χ1v) is 6.88. The lowest BCUT2D eigenvalue weighted by Crippen LogP contribution is -2.30. The summed E-state index contributed by atoms with van der Waals surface area (Å²) in [6.07, 6.45) is 4.40. The van der Waals surface area contributed by atoms with Crippen LogP contribution < -0.4 is 10.6 Å². The molecule has 2 rings (SSSR count). The molecule has 20 heavy (non-hydrogen) atoms. The Balaban J connectivity index is 1.72. The smallest absolute Gasteiger partial charge is 0.319 e. The van der Waals surface area contributed by atoms with Crippen molar-refractivity contribution in [2.24, 2.45) is 0 Å².